The van der Waals surface area contributed by atoms with Gasteiger partial charge in [0.25, 0.3) is 0 Å². The lowest BCUT2D eigenvalue weighted by atomic mass is 10.1. The lowest BCUT2D eigenvalue weighted by Crippen LogP contribution is -2.37. The van der Waals surface area contributed by atoms with Crippen LogP contribution in [0.25, 0.3) is 10.9 Å². The van der Waals surface area contributed by atoms with Gasteiger partial charge >= 0.3 is 0 Å². The van der Waals surface area contributed by atoms with Crippen molar-refractivity contribution in [2.24, 2.45) is 0 Å². The summed E-state index contributed by atoms with van der Waals surface area (Å²) in [7, 11) is 0. The SMILES string of the molecule is c1cc2ncnc3c2c(n1)CCC1COCCCN31. The molecule has 1 atom stereocenters. The van der Waals surface area contributed by atoms with Crippen LogP contribution in [-0.2, 0) is 11.2 Å². The van der Waals surface area contributed by atoms with E-state index < -0.39 is 0 Å². The Hall–Kier alpha value is -1.75. The normalized spacial score (nSPS) is 22.7. The minimum Gasteiger partial charge on any atom is -0.379 e. The number of hydrogen-bond acceptors (Lipinski definition) is 5. The Bertz CT molecular complexity index is 610. The first-order chi connectivity index (χ1) is 9.43. The molecule has 2 aliphatic heterocycles. The van der Waals surface area contributed by atoms with Crippen molar-refractivity contribution in [1.82, 2.24) is 15.0 Å². The van der Waals surface area contributed by atoms with Gasteiger partial charge in [-0.15, -0.1) is 0 Å². The molecule has 2 aromatic rings. The van der Waals surface area contributed by atoms with Gasteiger partial charge in [-0.25, -0.2) is 9.97 Å². The van der Waals surface area contributed by atoms with Gasteiger partial charge in [0.1, 0.15) is 12.1 Å². The molecule has 0 spiro atoms. The fourth-order valence-corrected chi connectivity index (χ4v) is 3.11. The van der Waals surface area contributed by atoms with E-state index in [4.69, 9.17) is 4.74 Å². The van der Waals surface area contributed by atoms with Gasteiger partial charge in [-0.2, -0.15) is 0 Å². The van der Waals surface area contributed by atoms with Crippen molar-refractivity contribution in [2.75, 3.05) is 24.7 Å². The summed E-state index contributed by atoms with van der Waals surface area (Å²) in [4.78, 5) is 15.9. The lowest BCUT2D eigenvalue weighted by molar-refractivity contribution is 0.132. The van der Waals surface area contributed by atoms with Gasteiger partial charge in [-0.1, -0.05) is 0 Å². The summed E-state index contributed by atoms with van der Waals surface area (Å²) in [6.45, 7) is 2.64. The first kappa shape index (κ1) is 11.1. The van der Waals surface area contributed by atoms with Crippen molar-refractivity contribution < 1.29 is 4.74 Å². The van der Waals surface area contributed by atoms with Crippen LogP contribution in [0.1, 0.15) is 18.5 Å². The zero-order chi connectivity index (χ0) is 12.7. The summed E-state index contributed by atoms with van der Waals surface area (Å²) < 4.78 is 5.71. The van der Waals surface area contributed by atoms with E-state index in [9.17, 15) is 0 Å². The molecule has 98 valence electrons. The number of nitrogens with zero attached hydrogens (tertiary/aromatic N) is 4. The third-order valence-corrected chi connectivity index (χ3v) is 4.03. The molecule has 0 radical (unpaired) electrons. The van der Waals surface area contributed by atoms with E-state index in [-0.39, 0.29) is 0 Å². The second-order valence-electron chi connectivity index (χ2n) is 5.16. The van der Waals surface area contributed by atoms with Gasteiger partial charge in [0.2, 0.25) is 0 Å². The molecular weight excluding hydrogens is 240 g/mol. The maximum atomic E-state index is 5.71. The van der Waals surface area contributed by atoms with Gasteiger partial charge in [0, 0.05) is 19.3 Å². The Morgan fingerprint density at radius 1 is 1.26 bits per heavy atom. The Morgan fingerprint density at radius 3 is 3.26 bits per heavy atom. The van der Waals surface area contributed by atoms with Crippen molar-refractivity contribution in [2.45, 2.75) is 25.3 Å². The number of rotatable bonds is 0. The highest BCUT2D eigenvalue weighted by atomic mass is 16.5. The summed E-state index contributed by atoms with van der Waals surface area (Å²) in [6, 6.07) is 2.38. The average molecular weight is 256 g/mol. The highest BCUT2D eigenvalue weighted by Gasteiger charge is 2.28. The molecule has 5 heteroatoms. The van der Waals surface area contributed by atoms with Crippen LogP contribution in [0.5, 0.6) is 0 Å². The molecule has 2 aromatic heterocycles. The summed E-state index contributed by atoms with van der Waals surface area (Å²) in [5.41, 5.74) is 2.13. The molecule has 5 nitrogen and oxygen atoms in total. The molecule has 0 amide bonds. The van der Waals surface area contributed by atoms with Crippen LogP contribution in [0.15, 0.2) is 18.6 Å². The van der Waals surface area contributed by atoms with E-state index >= 15 is 0 Å². The first-order valence-corrected chi connectivity index (χ1v) is 6.86. The number of pyridine rings is 1. The van der Waals surface area contributed by atoms with Crippen LogP contribution in [-0.4, -0.2) is 40.8 Å². The molecule has 19 heavy (non-hydrogen) atoms. The van der Waals surface area contributed by atoms with Gasteiger partial charge in [-0.3, -0.25) is 4.98 Å². The van der Waals surface area contributed by atoms with E-state index in [0.717, 1.165) is 61.4 Å². The van der Waals surface area contributed by atoms with Gasteiger partial charge in [-0.05, 0) is 25.3 Å². The Kier molecular flexibility index (Phi) is 2.58. The van der Waals surface area contributed by atoms with E-state index in [0.29, 0.717) is 6.04 Å². The minimum atomic E-state index is 0.412. The Balaban J connectivity index is 1.94. The van der Waals surface area contributed by atoms with Crippen LogP contribution in [0.4, 0.5) is 5.82 Å². The maximum Gasteiger partial charge on any atom is 0.142 e. The predicted octanol–water partition coefficient (Wildman–Crippen LogP) is 1.57. The molecule has 0 N–H and O–H groups in total. The van der Waals surface area contributed by atoms with Crippen LogP contribution >= 0.6 is 0 Å². The van der Waals surface area contributed by atoms with E-state index in [2.05, 4.69) is 19.9 Å². The number of aryl methyl sites for hydroxylation is 1. The average Bonchev–Trinajstić information content (AvgIpc) is 2.76. The van der Waals surface area contributed by atoms with Crippen LogP contribution in [0, 0.1) is 0 Å². The van der Waals surface area contributed by atoms with Crippen molar-refractivity contribution in [3.8, 4) is 0 Å². The van der Waals surface area contributed by atoms with Crippen molar-refractivity contribution in [3.63, 3.8) is 0 Å². The number of ether oxygens (including phenoxy) is 1. The van der Waals surface area contributed by atoms with E-state index in [1.54, 1.807) is 6.33 Å². The second kappa shape index (κ2) is 4.42. The topological polar surface area (TPSA) is 51.1 Å². The van der Waals surface area contributed by atoms with Crippen LogP contribution < -0.4 is 4.90 Å². The molecule has 4 heterocycles. The van der Waals surface area contributed by atoms with E-state index in [1.807, 2.05) is 12.3 Å². The first-order valence-electron chi connectivity index (χ1n) is 6.86. The number of fused-ring (bicyclic) bond motifs is 2. The summed E-state index contributed by atoms with van der Waals surface area (Å²) in [6.07, 6.45) is 6.61. The smallest absolute Gasteiger partial charge is 0.142 e. The molecule has 1 saturated heterocycles. The summed E-state index contributed by atoms with van der Waals surface area (Å²) in [5.74, 6) is 1.04. The largest absolute Gasteiger partial charge is 0.379 e. The third kappa shape index (κ3) is 1.76. The van der Waals surface area contributed by atoms with Gasteiger partial charge in [0.15, 0.2) is 0 Å². The molecule has 1 fully saturated rings. The summed E-state index contributed by atoms with van der Waals surface area (Å²) >= 11 is 0. The number of hydrogen-bond donors (Lipinski definition) is 0. The number of aromatic nitrogens is 3. The van der Waals surface area contributed by atoms with Crippen molar-refractivity contribution in [3.05, 3.63) is 24.3 Å². The van der Waals surface area contributed by atoms with E-state index in [1.165, 1.54) is 0 Å². The highest BCUT2D eigenvalue weighted by Crippen LogP contribution is 2.32. The van der Waals surface area contributed by atoms with Crippen LogP contribution in [0.2, 0.25) is 0 Å². The molecule has 1 unspecified atom stereocenters. The lowest BCUT2D eigenvalue weighted by Gasteiger charge is -2.29. The predicted molar refractivity (Wildman–Crippen MR) is 72.2 cm³/mol. The second-order valence-corrected chi connectivity index (χ2v) is 5.16. The summed E-state index contributed by atoms with van der Waals surface area (Å²) in [5, 5.41) is 1.13. The molecule has 0 aromatic carbocycles. The van der Waals surface area contributed by atoms with Gasteiger partial charge < -0.3 is 9.64 Å². The zero-order valence-electron chi connectivity index (χ0n) is 10.7. The standard InChI is InChI=1S/C14H16N4O/c1-6-18-10(8-19-7-1)2-3-11-13-12(4-5-15-11)16-9-17-14(13)18/h4-5,9-10H,1-3,6-8H2. The van der Waals surface area contributed by atoms with Crippen molar-refractivity contribution in [1.29, 1.82) is 0 Å². The maximum absolute atomic E-state index is 5.71. The third-order valence-electron chi connectivity index (χ3n) is 4.03. The monoisotopic (exact) mass is 256 g/mol. The molecule has 0 bridgehead atoms. The zero-order valence-corrected chi connectivity index (χ0v) is 10.7. The van der Waals surface area contributed by atoms with Crippen molar-refractivity contribution >= 4 is 16.7 Å². The molecule has 4 rings (SSSR count). The quantitative estimate of drug-likeness (QED) is 0.716. The molecule has 0 saturated carbocycles. The Labute approximate surface area is 111 Å². The number of anilines is 1. The minimum absolute atomic E-state index is 0.412. The Morgan fingerprint density at radius 2 is 2.26 bits per heavy atom. The molecule has 2 aliphatic rings. The fraction of sp³-hybridized carbons (Fsp3) is 0.500. The molecule has 0 aliphatic carbocycles. The molecular formula is C14H16N4O. The van der Waals surface area contributed by atoms with Crippen LogP contribution in [0.3, 0.4) is 0 Å². The fourth-order valence-electron chi connectivity index (χ4n) is 3.11. The van der Waals surface area contributed by atoms with Gasteiger partial charge in [0.05, 0.1) is 29.2 Å². The highest BCUT2D eigenvalue weighted by molar-refractivity contribution is 5.91.